The van der Waals surface area contributed by atoms with E-state index in [1.807, 2.05) is 4.57 Å². The van der Waals surface area contributed by atoms with Crippen molar-refractivity contribution in [2.45, 2.75) is 39.0 Å². The standard InChI is InChI=1S/C11H19N3OS/c1-2-13-5-3-4-9(13)7-14-10(8-15)6-12-11(14)16/h6,9,15H,2-5,7-8H2,1H3,(H,12,16). The van der Waals surface area contributed by atoms with Crippen LogP contribution in [0.15, 0.2) is 6.20 Å². The van der Waals surface area contributed by atoms with Crippen LogP contribution in [0.5, 0.6) is 0 Å². The quantitative estimate of drug-likeness (QED) is 0.786. The zero-order valence-electron chi connectivity index (χ0n) is 9.65. The SMILES string of the molecule is CCN1CCCC1Cn1c(CO)c[nH]c1=S. The molecule has 0 radical (unpaired) electrons. The number of aliphatic hydroxyl groups is 1. The first-order chi connectivity index (χ1) is 7.76. The molecule has 4 nitrogen and oxygen atoms in total. The molecule has 0 aliphatic carbocycles. The van der Waals surface area contributed by atoms with Crippen LogP contribution in [-0.4, -0.2) is 38.7 Å². The van der Waals surface area contributed by atoms with Gasteiger partial charge >= 0.3 is 0 Å². The van der Waals surface area contributed by atoms with Gasteiger partial charge in [0.1, 0.15) is 0 Å². The highest BCUT2D eigenvalue weighted by Gasteiger charge is 2.23. The molecule has 90 valence electrons. The van der Waals surface area contributed by atoms with Crippen molar-refractivity contribution in [3.63, 3.8) is 0 Å². The lowest BCUT2D eigenvalue weighted by Gasteiger charge is -2.23. The third-order valence-corrected chi connectivity index (χ3v) is 3.75. The first kappa shape index (κ1) is 11.8. The van der Waals surface area contributed by atoms with Gasteiger partial charge in [0.15, 0.2) is 4.77 Å². The number of aliphatic hydroxyl groups excluding tert-OH is 1. The van der Waals surface area contributed by atoms with Gasteiger partial charge in [-0.25, -0.2) is 0 Å². The lowest BCUT2D eigenvalue weighted by molar-refractivity contribution is 0.231. The van der Waals surface area contributed by atoms with Crippen molar-refractivity contribution < 1.29 is 5.11 Å². The van der Waals surface area contributed by atoms with E-state index in [0.717, 1.165) is 18.8 Å². The van der Waals surface area contributed by atoms with Gasteiger partial charge in [-0.05, 0) is 38.1 Å². The minimum atomic E-state index is 0.0476. The largest absolute Gasteiger partial charge is 0.390 e. The minimum Gasteiger partial charge on any atom is -0.390 e. The third kappa shape index (κ3) is 2.21. The van der Waals surface area contributed by atoms with Gasteiger partial charge in [0.2, 0.25) is 0 Å². The minimum absolute atomic E-state index is 0.0476. The molecule has 0 amide bonds. The molecule has 2 heterocycles. The number of aromatic amines is 1. The van der Waals surface area contributed by atoms with E-state index >= 15 is 0 Å². The highest BCUT2D eigenvalue weighted by Crippen LogP contribution is 2.19. The average molecular weight is 241 g/mol. The topological polar surface area (TPSA) is 44.2 Å². The molecular weight excluding hydrogens is 222 g/mol. The molecule has 16 heavy (non-hydrogen) atoms. The average Bonchev–Trinajstić information content (AvgIpc) is 2.87. The lowest BCUT2D eigenvalue weighted by atomic mass is 10.2. The normalized spacial score (nSPS) is 21.8. The number of hydrogen-bond acceptors (Lipinski definition) is 3. The number of H-pyrrole nitrogens is 1. The molecule has 1 aromatic rings. The van der Waals surface area contributed by atoms with Gasteiger partial charge in [-0.1, -0.05) is 6.92 Å². The van der Waals surface area contributed by atoms with Gasteiger partial charge in [-0.15, -0.1) is 0 Å². The molecule has 2 rings (SSSR count). The summed E-state index contributed by atoms with van der Waals surface area (Å²) in [6.45, 7) is 5.42. The van der Waals surface area contributed by atoms with Crippen molar-refractivity contribution in [1.82, 2.24) is 14.5 Å². The molecule has 1 aliphatic rings. The van der Waals surface area contributed by atoms with Crippen LogP contribution < -0.4 is 0 Å². The summed E-state index contributed by atoms with van der Waals surface area (Å²) < 4.78 is 2.74. The maximum Gasteiger partial charge on any atom is 0.177 e. The van der Waals surface area contributed by atoms with Crippen LogP contribution >= 0.6 is 12.2 Å². The zero-order valence-corrected chi connectivity index (χ0v) is 10.5. The number of aromatic nitrogens is 2. The predicted octanol–water partition coefficient (Wildman–Crippen LogP) is 1.52. The number of likely N-dealkylation sites (tertiary alicyclic amines) is 1. The highest BCUT2D eigenvalue weighted by molar-refractivity contribution is 7.71. The second kappa shape index (κ2) is 5.12. The fourth-order valence-corrected chi connectivity index (χ4v) is 2.74. The molecule has 5 heteroatoms. The monoisotopic (exact) mass is 241 g/mol. The van der Waals surface area contributed by atoms with Crippen LogP contribution in [0.1, 0.15) is 25.5 Å². The van der Waals surface area contributed by atoms with E-state index in [4.69, 9.17) is 12.2 Å². The van der Waals surface area contributed by atoms with Crippen molar-refractivity contribution in [1.29, 1.82) is 0 Å². The number of hydrogen-bond donors (Lipinski definition) is 2. The van der Waals surface area contributed by atoms with E-state index in [2.05, 4.69) is 16.8 Å². The molecule has 1 atom stereocenters. The first-order valence-electron chi connectivity index (χ1n) is 5.88. The van der Waals surface area contributed by atoms with E-state index in [-0.39, 0.29) is 6.61 Å². The van der Waals surface area contributed by atoms with Crippen LogP contribution in [-0.2, 0) is 13.2 Å². The van der Waals surface area contributed by atoms with Gasteiger partial charge in [0, 0.05) is 18.8 Å². The summed E-state index contributed by atoms with van der Waals surface area (Å²) in [6.07, 6.45) is 4.30. The predicted molar refractivity (Wildman–Crippen MR) is 65.8 cm³/mol. The molecule has 0 saturated carbocycles. The Labute approximate surface area is 101 Å². The summed E-state index contributed by atoms with van der Waals surface area (Å²) in [5.74, 6) is 0. The van der Waals surface area contributed by atoms with E-state index in [0.29, 0.717) is 10.8 Å². The van der Waals surface area contributed by atoms with Crippen molar-refractivity contribution in [2.75, 3.05) is 13.1 Å². The molecule has 0 spiro atoms. The van der Waals surface area contributed by atoms with Crippen molar-refractivity contribution in [3.8, 4) is 0 Å². The lowest BCUT2D eigenvalue weighted by Crippen LogP contribution is -2.33. The molecule has 2 N–H and O–H groups in total. The van der Waals surface area contributed by atoms with E-state index in [1.165, 1.54) is 19.4 Å². The molecule has 1 aromatic heterocycles. The van der Waals surface area contributed by atoms with Crippen molar-refractivity contribution in [2.24, 2.45) is 0 Å². The maximum atomic E-state index is 9.23. The van der Waals surface area contributed by atoms with Crippen molar-refractivity contribution in [3.05, 3.63) is 16.7 Å². The number of nitrogens with zero attached hydrogens (tertiary/aromatic N) is 2. The Kier molecular flexibility index (Phi) is 3.78. The second-order valence-electron chi connectivity index (χ2n) is 4.28. The van der Waals surface area contributed by atoms with Crippen LogP contribution in [0, 0.1) is 4.77 Å². The number of likely N-dealkylation sites (N-methyl/N-ethyl adjacent to an activating group) is 1. The number of nitrogens with one attached hydrogen (secondary N) is 1. The summed E-state index contributed by atoms with van der Waals surface area (Å²) in [5.41, 5.74) is 0.882. The molecular formula is C11H19N3OS. The van der Waals surface area contributed by atoms with E-state index in [1.54, 1.807) is 6.20 Å². The molecule has 1 aliphatic heterocycles. The fourth-order valence-electron chi connectivity index (χ4n) is 2.49. The second-order valence-corrected chi connectivity index (χ2v) is 4.67. The highest BCUT2D eigenvalue weighted by atomic mass is 32.1. The van der Waals surface area contributed by atoms with Gasteiger partial charge in [0.25, 0.3) is 0 Å². The Morgan fingerprint density at radius 1 is 1.62 bits per heavy atom. The van der Waals surface area contributed by atoms with Gasteiger partial charge in [-0.2, -0.15) is 0 Å². The first-order valence-corrected chi connectivity index (χ1v) is 6.29. The molecule has 1 fully saturated rings. The van der Waals surface area contributed by atoms with Crippen LogP contribution in [0.2, 0.25) is 0 Å². The summed E-state index contributed by atoms with van der Waals surface area (Å²) in [7, 11) is 0. The summed E-state index contributed by atoms with van der Waals surface area (Å²) in [6, 6.07) is 0.567. The van der Waals surface area contributed by atoms with Gasteiger partial charge in [0.05, 0.1) is 12.3 Å². The van der Waals surface area contributed by atoms with Crippen LogP contribution in [0.3, 0.4) is 0 Å². The Morgan fingerprint density at radius 3 is 3.12 bits per heavy atom. The third-order valence-electron chi connectivity index (χ3n) is 3.41. The van der Waals surface area contributed by atoms with E-state index < -0.39 is 0 Å². The number of rotatable bonds is 4. The Balaban J connectivity index is 2.13. The number of imidazole rings is 1. The maximum absolute atomic E-state index is 9.23. The Hall–Kier alpha value is -0.650. The fraction of sp³-hybridized carbons (Fsp3) is 0.727. The van der Waals surface area contributed by atoms with Crippen molar-refractivity contribution >= 4 is 12.2 Å². The summed E-state index contributed by atoms with van der Waals surface area (Å²) in [4.78, 5) is 5.48. The van der Waals surface area contributed by atoms with Crippen LogP contribution in [0.4, 0.5) is 0 Å². The van der Waals surface area contributed by atoms with Gasteiger partial charge in [-0.3, -0.25) is 4.90 Å². The van der Waals surface area contributed by atoms with Crippen LogP contribution in [0.25, 0.3) is 0 Å². The summed E-state index contributed by atoms with van der Waals surface area (Å²) in [5, 5.41) is 9.23. The molecule has 0 aromatic carbocycles. The summed E-state index contributed by atoms with van der Waals surface area (Å²) >= 11 is 5.23. The smallest absolute Gasteiger partial charge is 0.177 e. The zero-order chi connectivity index (χ0) is 11.5. The Morgan fingerprint density at radius 2 is 2.44 bits per heavy atom. The van der Waals surface area contributed by atoms with E-state index in [9.17, 15) is 5.11 Å². The van der Waals surface area contributed by atoms with Gasteiger partial charge < -0.3 is 14.7 Å². The molecule has 0 bridgehead atoms. The Bertz CT molecular complexity index is 398. The molecule has 1 unspecified atom stereocenters. The molecule has 1 saturated heterocycles.